The minimum Gasteiger partial charge on any atom is -1.00 e. The Morgan fingerprint density at radius 1 is 0.504 bits per heavy atom. The molecule has 2 amide bonds. The minimum absolute atomic E-state index is 0. The Morgan fingerprint density at radius 3 is 1.29 bits per heavy atom. The van der Waals surface area contributed by atoms with Crippen molar-refractivity contribution in [3.63, 3.8) is 0 Å². The number of amides is 2. The fourth-order valence-corrected chi connectivity index (χ4v) is 19.7. The summed E-state index contributed by atoms with van der Waals surface area (Å²) < 4.78 is 178. The average Bonchev–Trinajstić information content (AvgIpc) is 0.779. The molecular formula is C91H107Cl8F6N9O20S3. The van der Waals surface area contributed by atoms with Crippen LogP contribution in [0.15, 0.2) is 182 Å². The van der Waals surface area contributed by atoms with E-state index in [1.807, 2.05) is 43.4 Å². The van der Waals surface area contributed by atoms with Crippen LogP contribution in [0.25, 0.3) is 0 Å². The predicted octanol–water partition coefficient (Wildman–Crippen LogP) is 7.80. The highest BCUT2D eigenvalue weighted by atomic mass is 35.5. The number of hydrogen-bond donors (Lipinski definition) is 8. The highest BCUT2D eigenvalue weighted by Crippen LogP contribution is 2.41. The molecule has 5 atom stereocenters. The number of carbonyl (C=O) groups excluding carboxylic acids is 4. The molecule has 3 heterocycles. The number of aliphatic carboxylic acids is 2. The number of ketones is 1. The number of nitrogens with one attached hydrogen (secondary N) is 5. The maximum atomic E-state index is 13.3. The number of ether oxygens (including phenoxy) is 6. The van der Waals surface area contributed by atoms with Crippen LogP contribution in [0.3, 0.4) is 0 Å². The SMILES string of the molecule is C.CN1Cc2c(Cl)cc(Cl)cc2[C@H](c2cccc(S(=O)(=O)CCCOCCOCCN)c2)C1.C[NH+]1Cc2c(Cl)cc(Cl)cc2[C@H](c2cccc(S(=O)(=O)CCCOCCOCCNC(=O)Nc3ccc(CC(=O)CCCOCCOCCNS(=O)(=O)c4cccc([C@@H]5C[NH+](C)Cc6c(Cl)cc(Cl)cc65)c4)cc3)c2)C1.O=C(O)C(F)(F)F.O=C(O)C(F)(F)F.O=C=Nc1ccc(N=C=O)cc1.[Cl-].[Cl-]. The molecule has 0 aliphatic carbocycles. The Hall–Kier alpha value is -8.29. The standard InChI is InChI=1S/C55H65Cl4N5O10S2.C23H30Cl2N2O4S.C8H4N2O2.2C2HF3O2.CH4.2ClH/c1-63-34-49(47-30-41(56)32-53(58)51(47)36-63)39-7-3-10-45(28-39)75(67,68)26-6-19-72-23-24-73-20-16-60-55(66)62-43-14-12-38(13-15-43)27-44(65)9-5-18-71-22-25-74-21-17-61-76(69,70)46-11-4-8-40(29-46)50-35-64(2)37-52-48(50)31-42(57)33-54(52)59;1-27-15-21(20-13-18(24)14-23(25)22(20)16-27)17-4-2-5-19(12-17)32(28,29)11-3-7-30-9-10-31-8-6-26;11-5-9-7-1-2-8(4-3-7)10-6-12;2*3-2(4,5)1(6)7;;;/h3-4,7-8,10-15,28-33,49-50,61H,5-6,9,16-27,34-37H2,1-2H3,(H2,60,62,66);2,4-5,12-14,21H,3,6-11,15-16,26H2,1H3;1-4H;2*(H,6,7);1H4;2*1H/t49-,50-;21-;;;;;;/m00....../s1. The molecule has 0 spiro atoms. The van der Waals surface area contributed by atoms with Crippen LogP contribution in [-0.4, -0.2) is 240 Å². The second-order valence-electron chi connectivity index (χ2n) is 30.7. The molecular weight excluding hydrogens is 2030 g/mol. The van der Waals surface area contributed by atoms with Gasteiger partial charge in [0, 0.05) is 108 Å². The van der Waals surface area contributed by atoms with Gasteiger partial charge in [-0.3, -0.25) is 4.79 Å². The summed E-state index contributed by atoms with van der Waals surface area (Å²) in [7, 11) is -4.54. The lowest BCUT2D eigenvalue weighted by Crippen LogP contribution is -3.09. The number of sulfonamides is 1. The van der Waals surface area contributed by atoms with Crippen LogP contribution in [-0.2, 0) is 108 Å². The van der Waals surface area contributed by atoms with Gasteiger partial charge in [-0.1, -0.05) is 126 Å². The lowest BCUT2D eigenvalue weighted by Gasteiger charge is -2.33. The van der Waals surface area contributed by atoms with E-state index in [0.29, 0.717) is 124 Å². The molecule has 0 fully saturated rings. The van der Waals surface area contributed by atoms with Crippen LogP contribution in [0.1, 0.15) is 106 Å². The third kappa shape index (κ3) is 41.4. The van der Waals surface area contributed by atoms with Gasteiger partial charge >= 0.3 is 30.3 Å². The number of alkyl halides is 6. The molecule has 11 rings (SSSR count). The number of benzene rings is 8. The van der Waals surface area contributed by atoms with Crippen molar-refractivity contribution in [1.29, 1.82) is 0 Å². The van der Waals surface area contributed by atoms with E-state index in [0.717, 1.165) is 94.9 Å². The van der Waals surface area contributed by atoms with Gasteiger partial charge in [0.15, 0.2) is 19.7 Å². The lowest BCUT2D eigenvalue weighted by atomic mass is 9.85. The molecule has 8 aromatic carbocycles. The number of hydrogen-bond acceptors (Lipinski definition) is 22. The number of halogens is 14. The molecule has 0 aromatic heterocycles. The fraction of sp³-hybridized carbons (Fsp3) is 0.407. The van der Waals surface area contributed by atoms with Crippen molar-refractivity contribution in [3.05, 3.63) is 243 Å². The monoisotopic (exact) mass is 2140 g/mol. The first-order chi connectivity index (χ1) is 63.5. The Labute approximate surface area is 834 Å². The van der Waals surface area contributed by atoms with Crippen LogP contribution >= 0.6 is 69.6 Å². The number of likely N-dealkylation sites (N-methyl/N-ethyl adjacent to an activating group) is 3. The molecule has 752 valence electrons. The highest BCUT2D eigenvalue weighted by molar-refractivity contribution is 7.91. The summed E-state index contributed by atoms with van der Waals surface area (Å²) in [6.45, 7) is 9.38. The first kappa shape index (κ1) is 121. The van der Waals surface area contributed by atoms with Crippen LogP contribution in [0, 0.1) is 0 Å². The van der Waals surface area contributed by atoms with Crippen molar-refractivity contribution in [2.75, 3.05) is 157 Å². The molecule has 8 aromatic rings. The molecule has 137 heavy (non-hydrogen) atoms. The number of urea groups is 1. The highest BCUT2D eigenvalue weighted by Gasteiger charge is 2.40. The fourth-order valence-electron chi connectivity index (χ4n) is 14.2. The van der Waals surface area contributed by atoms with Crippen LogP contribution in [0.2, 0.25) is 30.1 Å². The minimum atomic E-state index is -5.08. The number of nitrogens with zero attached hydrogens (tertiary/aromatic N) is 3. The zero-order valence-corrected chi connectivity index (χ0v) is 82.2. The Morgan fingerprint density at radius 2 is 0.876 bits per heavy atom. The first-order valence-corrected chi connectivity index (χ1v) is 48.8. The summed E-state index contributed by atoms with van der Waals surface area (Å²) in [5.41, 5.74) is 16.6. The van der Waals surface area contributed by atoms with Crippen molar-refractivity contribution >= 4 is 152 Å². The summed E-state index contributed by atoms with van der Waals surface area (Å²) in [4.78, 5) is 74.7. The number of carbonyl (C=O) groups is 4. The molecule has 0 saturated carbocycles. The van der Waals surface area contributed by atoms with E-state index in [2.05, 4.69) is 44.3 Å². The van der Waals surface area contributed by atoms with E-state index < -0.39 is 60.0 Å². The normalized spacial score (nSPS) is 15.5. The van der Waals surface area contributed by atoms with E-state index in [1.54, 1.807) is 121 Å². The number of aliphatic imine (C=N–C) groups is 2. The van der Waals surface area contributed by atoms with Crippen LogP contribution in [0.4, 0.5) is 48.2 Å². The second kappa shape index (κ2) is 60.1. The summed E-state index contributed by atoms with van der Waals surface area (Å²) in [6.07, 6.45) is -5.47. The van der Waals surface area contributed by atoms with Gasteiger partial charge in [0.25, 0.3) is 0 Å². The number of carboxylic acid groups (broad SMARTS) is 2. The number of carboxylic acids is 2. The van der Waals surface area contributed by atoms with Crippen molar-refractivity contribution in [2.24, 2.45) is 15.7 Å². The third-order valence-electron chi connectivity index (χ3n) is 20.4. The zero-order chi connectivity index (χ0) is 98.4. The number of anilines is 1. The third-order valence-corrected chi connectivity index (χ3v) is 27.1. The quantitative estimate of drug-likeness (QED) is 0.00783. The Bertz CT molecular complexity index is 5450. The Balaban J connectivity index is 0.000000520. The number of sulfone groups is 2. The molecule has 3 aliphatic rings. The van der Waals surface area contributed by atoms with E-state index in [4.69, 9.17) is 124 Å². The first-order valence-electron chi connectivity index (χ1n) is 41.7. The molecule has 0 saturated heterocycles. The van der Waals surface area contributed by atoms with E-state index in [9.17, 15) is 70.8 Å². The summed E-state index contributed by atoms with van der Waals surface area (Å²) in [5, 5.41) is 23.3. The number of isocyanates is 2. The van der Waals surface area contributed by atoms with Gasteiger partial charge in [-0.05, 0) is 180 Å². The van der Waals surface area contributed by atoms with Gasteiger partial charge in [0.1, 0.15) is 18.9 Å². The Kier molecular flexibility index (Phi) is 53.1. The summed E-state index contributed by atoms with van der Waals surface area (Å²) in [5.74, 6) is -5.58. The molecule has 29 nitrogen and oxygen atoms in total. The van der Waals surface area contributed by atoms with Crippen LogP contribution < -0.4 is 55.7 Å². The van der Waals surface area contributed by atoms with Crippen molar-refractivity contribution in [1.82, 2.24) is 14.9 Å². The number of Topliss-reactive ketones (excluding diaryl/α,β-unsaturated/α-hetero) is 1. The molecule has 2 unspecified atom stereocenters. The van der Waals surface area contributed by atoms with Gasteiger partial charge in [-0.2, -0.15) is 36.3 Å². The number of fused-ring (bicyclic) bond motifs is 3. The van der Waals surface area contributed by atoms with E-state index in [-0.39, 0.29) is 136 Å². The lowest BCUT2D eigenvalue weighted by molar-refractivity contribution is -0.897. The van der Waals surface area contributed by atoms with Crippen molar-refractivity contribution in [3.8, 4) is 0 Å². The predicted molar refractivity (Wildman–Crippen MR) is 502 cm³/mol. The number of rotatable bonds is 41. The van der Waals surface area contributed by atoms with E-state index >= 15 is 0 Å². The zero-order valence-electron chi connectivity index (χ0n) is 73.7. The van der Waals surface area contributed by atoms with Gasteiger partial charge in [0.05, 0.1) is 146 Å². The van der Waals surface area contributed by atoms with Gasteiger partial charge < -0.3 is 94.5 Å². The topological polar surface area (TPSA) is 400 Å². The number of nitrogens with two attached hydrogens (primary N) is 1. The second-order valence-corrected chi connectivity index (χ2v) is 39.3. The largest absolute Gasteiger partial charge is 1.00 e. The average molecular weight is 2140 g/mol. The summed E-state index contributed by atoms with van der Waals surface area (Å²) in [6, 6.07) is 45.2. The molecule has 0 radical (unpaired) electrons. The van der Waals surface area contributed by atoms with Crippen molar-refractivity contribution in [2.45, 2.75) is 104 Å². The molecule has 46 heteroatoms. The summed E-state index contributed by atoms with van der Waals surface area (Å²) >= 11 is 38.5. The van der Waals surface area contributed by atoms with Crippen LogP contribution in [0.5, 0.6) is 0 Å². The van der Waals surface area contributed by atoms with E-state index in [1.165, 1.54) is 22.0 Å². The molecule has 3 aliphatic heterocycles. The molecule has 9 N–H and O–H groups in total. The maximum Gasteiger partial charge on any atom is 0.490 e. The maximum absolute atomic E-state index is 13.3. The van der Waals surface area contributed by atoms with Gasteiger partial charge in [-0.25, -0.2) is 53.9 Å². The smallest absolute Gasteiger partial charge is 0.490 e. The molecule has 0 bridgehead atoms. The number of quaternary nitrogens is 2. The van der Waals surface area contributed by atoms with Crippen molar-refractivity contribution < 1.29 is 154 Å². The van der Waals surface area contributed by atoms with Gasteiger partial charge in [-0.15, -0.1) is 0 Å². The van der Waals surface area contributed by atoms with Gasteiger partial charge in [0.2, 0.25) is 22.2 Å².